The molecule has 19 heavy (non-hydrogen) atoms. The van der Waals surface area contributed by atoms with E-state index in [0.717, 1.165) is 4.90 Å². The van der Waals surface area contributed by atoms with Gasteiger partial charge >= 0.3 is 6.09 Å². The number of methoxy groups -OCH3 is 1. The normalized spacial score (nSPS) is 14.2. The standard InChI is InChI=1S/C14H20FNO3/c1-5-14(19-4,16(10(2)3)13(17)18)11-8-6-7-9-12(11)15/h6-10H,5H2,1-4H3,(H,17,18)/t14-/m0/s1. The van der Waals surface area contributed by atoms with Crippen molar-refractivity contribution in [3.63, 3.8) is 0 Å². The van der Waals surface area contributed by atoms with Crippen molar-refractivity contribution >= 4 is 6.09 Å². The highest BCUT2D eigenvalue weighted by Crippen LogP contribution is 2.36. The summed E-state index contributed by atoms with van der Waals surface area (Å²) in [6, 6.07) is 5.76. The first-order valence-corrected chi connectivity index (χ1v) is 6.23. The van der Waals surface area contributed by atoms with Gasteiger partial charge in [0.2, 0.25) is 0 Å². The molecular formula is C14H20FNO3. The molecule has 4 nitrogen and oxygen atoms in total. The Hall–Kier alpha value is -1.62. The first-order valence-electron chi connectivity index (χ1n) is 6.23. The van der Waals surface area contributed by atoms with Crippen LogP contribution in [0.25, 0.3) is 0 Å². The molecule has 0 radical (unpaired) electrons. The van der Waals surface area contributed by atoms with E-state index in [1.807, 2.05) is 0 Å². The number of carboxylic acid groups (broad SMARTS) is 1. The summed E-state index contributed by atoms with van der Waals surface area (Å²) >= 11 is 0. The Bertz CT molecular complexity index is 444. The van der Waals surface area contributed by atoms with Crippen molar-refractivity contribution in [3.8, 4) is 0 Å². The van der Waals surface area contributed by atoms with Crippen molar-refractivity contribution in [2.24, 2.45) is 0 Å². The van der Waals surface area contributed by atoms with Crippen molar-refractivity contribution in [1.29, 1.82) is 0 Å². The molecule has 1 aromatic rings. The van der Waals surface area contributed by atoms with E-state index < -0.39 is 17.6 Å². The van der Waals surface area contributed by atoms with Crippen LogP contribution in [-0.4, -0.2) is 29.3 Å². The minimum absolute atomic E-state index is 0.232. The zero-order valence-electron chi connectivity index (χ0n) is 11.7. The van der Waals surface area contributed by atoms with Gasteiger partial charge in [0.25, 0.3) is 0 Å². The number of nitrogens with zero attached hydrogens (tertiary/aromatic N) is 1. The molecule has 0 fully saturated rings. The molecule has 1 aromatic carbocycles. The predicted octanol–water partition coefficient (Wildman–Crippen LogP) is 3.42. The monoisotopic (exact) mass is 269 g/mol. The lowest BCUT2D eigenvalue weighted by atomic mass is 9.96. The van der Waals surface area contributed by atoms with E-state index in [2.05, 4.69) is 0 Å². The van der Waals surface area contributed by atoms with Gasteiger partial charge in [-0.2, -0.15) is 0 Å². The maximum absolute atomic E-state index is 14.0. The summed E-state index contributed by atoms with van der Waals surface area (Å²) in [6.45, 7) is 5.24. The fraction of sp³-hybridized carbons (Fsp3) is 0.500. The lowest BCUT2D eigenvalue weighted by Gasteiger charge is -2.43. The molecule has 0 aromatic heterocycles. The predicted molar refractivity (Wildman–Crippen MR) is 70.4 cm³/mol. The summed E-state index contributed by atoms with van der Waals surface area (Å²) < 4.78 is 19.5. The molecule has 0 unspecified atom stereocenters. The van der Waals surface area contributed by atoms with Crippen LogP contribution in [0.3, 0.4) is 0 Å². The molecule has 106 valence electrons. The maximum atomic E-state index is 14.0. The van der Waals surface area contributed by atoms with Gasteiger partial charge in [-0.05, 0) is 26.3 Å². The smallest absolute Gasteiger partial charge is 0.410 e. The topological polar surface area (TPSA) is 49.8 Å². The van der Waals surface area contributed by atoms with Crippen LogP contribution >= 0.6 is 0 Å². The van der Waals surface area contributed by atoms with E-state index in [1.165, 1.54) is 13.2 Å². The molecule has 0 saturated heterocycles. The molecule has 0 aliphatic carbocycles. The molecule has 0 heterocycles. The number of ether oxygens (including phenoxy) is 1. The third-order valence-corrected chi connectivity index (χ3v) is 3.22. The van der Waals surface area contributed by atoms with Gasteiger partial charge in [0.05, 0.1) is 0 Å². The zero-order chi connectivity index (χ0) is 14.6. The van der Waals surface area contributed by atoms with Gasteiger partial charge in [-0.3, -0.25) is 4.90 Å². The Morgan fingerprint density at radius 1 is 1.47 bits per heavy atom. The van der Waals surface area contributed by atoms with Crippen LogP contribution in [0.15, 0.2) is 24.3 Å². The molecular weight excluding hydrogens is 249 g/mol. The Kier molecular flexibility index (Phi) is 4.89. The van der Waals surface area contributed by atoms with Gasteiger partial charge in [0, 0.05) is 18.7 Å². The Balaban J connectivity index is 3.47. The average Bonchev–Trinajstić information content (AvgIpc) is 2.35. The second-order valence-electron chi connectivity index (χ2n) is 4.57. The molecule has 1 N–H and O–H groups in total. The third-order valence-electron chi connectivity index (χ3n) is 3.22. The Morgan fingerprint density at radius 3 is 2.42 bits per heavy atom. The average molecular weight is 269 g/mol. The summed E-state index contributed by atoms with van der Waals surface area (Å²) in [5.41, 5.74) is -1.08. The van der Waals surface area contributed by atoms with Crippen LogP contribution in [0.5, 0.6) is 0 Å². The molecule has 0 saturated carbocycles. The van der Waals surface area contributed by atoms with E-state index in [0.29, 0.717) is 6.42 Å². The summed E-state index contributed by atoms with van der Waals surface area (Å²) in [7, 11) is 1.40. The highest BCUT2D eigenvalue weighted by molar-refractivity contribution is 5.66. The summed E-state index contributed by atoms with van der Waals surface area (Å²) in [6.07, 6.45) is -0.823. The number of benzene rings is 1. The van der Waals surface area contributed by atoms with Gasteiger partial charge in [-0.1, -0.05) is 25.1 Å². The SMILES string of the molecule is CC[C@](OC)(c1ccccc1F)N(C(=O)O)C(C)C. The number of hydrogen-bond acceptors (Lipinski definition) is 2. The number of hydrogen-bond donors (Lipinski definition) is 1. The van der Waals surface area contributed by atoms with E-state index in [1.54, 1.807) is 39.0 Å². The number of amides is 1. The zero-order valence-corrected chi connectivity index (χ0v) is 11.7. The van der Waals surface area contributed by atoms with Crippen LogP contribution in [0, 0.1) is 5.82 Å². The van der Waals surface area contributed by atoms with Crippen molar-refractivity contribution < 1.29 is 19.0 Å². The number of halogens is 1. The van der Waals surface area contributed by atoms with Gasteiger partial charge < -0.3 is 9.84 Å². The Morgan fingerprint density at radius 2 is 2.05 bits per heavy atom. The van der Waals surface area contributed by atoms with Crippen LogP contribution in [-0.2, 0) is 10.5 Å². The lowest BCUT2D eigenvalue weighted by molar-refractivity contribution is -0.143. The largest absolute Gasteiger partial charge is 0.465 e. The molecule has 1 amide bonds. The van der Waals surface area contributed by atoms with Gasteiger partial charge in [-0.25, -0.2) is 9.18 Å². The first-order chi connectivity index (χ1) is 8.90. The fourth-order valence-corrected chi connectivity index (χ4v) is 2.41. The van der Waals surface area contributed by atoms with Crippen LogP contribution in [0.2, 0.25) is 0 Å². The van der Waals surface area contributed by atoms with E-state index >= 15 is 0 Å². The highest BCUT2D eigenvalue weighted by atomic mass is 19.1. The van der Waals surface area contributed by atoms with E-state index in [-0.39, 0.29) is 11.6 Å². The molecule has 0 spiro atoms. The minimum atomic E-state index is -1.31. The van der Waals surface area contributed by atoms with Crippen LogP contribution in [0.4, 0.5) is 9.18 Å². The van der Waals surface area contributed by atoms with Crippen molar-refractivity contribution in [2.45, 2.75) is 39.0 Å². The summed E-state index contributed by atoms with van der Waals surface area (Å²) in [5, 5.41) is 9.42. The second kappa shape index (κ2) is 6.02. The van der Waals surface area contributed by atoms with E-state index in [9.17, 15) is 14.3 Å². The number of carbonyl (C=O) groups is 1. The minimum Gasteiger partial charge on any atom is -0.465 e. The molecule has 0 aliphatic heterocycles. The number of rotatable bonds is 5. The molecule has 1 rings (SSSR count). The van der Waals surface area contributed by atoms with Crippen molar-refractivity contribution in [2.75, 3.05) is 7.11 Å². The molecule has 1 atom stereocenters. The molecule has 0 aliphatic rings. The third kappa shape index (κ3) is 2.71. The molecule has 5 heteroatoms. The Labute approximate surface area is 112 Å². The maximum Gasteiger partial charge on any atom is 0.410 e. The van der Waals surface area contributed by atoms with Gasteiger partial charge in [-0.15, -0.1) is 0 Å². The summed E-state index contributed by atoms with van der Waals surface area (Å²) in [4.78, 5) is 12.7. The van der Waals surface area contributed by atoms with E-state index in [4.69, 9.17) is 4.74 Å². The quantitative estimate of drug-likeness (QED) is 0.833. The summed E-state index contributed by atoms with van der Waals surface area (Å²) in [5.74, 6) is -0.474. The van der Waals surface area contributed by atoms with Crippen LogP contribution < -0.4 is 0 Å². The lowest BCUT2D eigenvalue weighted by Crippen LogP contribution is -2.53. The van der Waals surface area contributed by atoms with Crippen LogP contribution in [0.1, 0.15) is 32.8 Å². The first kappa shape index (κ1) is 15.4. The fourth-order valence-electron chi connectivity index (χ4n) is 2.41. The van der Waals surface area contributed by atoms with Gasteiger partial charge in [0.15, 0.2) is 5.72 Å². The van der Waals surface area contributed by atoms with Crippen molar-refractivity contribution in [3.05, 3.63) is 35.6 Å². The van der Waals surface area contributed by atoms with Gasteiger partial charge in [0.1, 0.15) is 5.82 Å². The second-order valence-corrected chi connectivity index (χ2v) is 4.57. The van der Waals surface area contributed by atoms with Crippen molar-refractivity contribution in [1.82, 2.24) is 4.90 Å². The molecule has 0 bridgehead atoms. The highest BCUT2D eigenvalue weighted by Gasteiger charge is 2.43.